The maximum Gasteiger partial charge on any atom is 0.329 e. The summed E-state index contributed by atoms with van der Waals surface area (Å²) in [4.78, 5) is 25.0. The van der Waals surface area contributed by atoms with Gasteiger partial charge in [0, 0.05) is 12.1 Å². The van der Waals surface area contributed by atoms with Crippen molar-refractivity contribution in [2.24, 2.45) is 0 Å². The molecule has 2 aliphatic rings. The van der Waals surface area contributed by atoms with Crippen molar-refractivity contribution < 1.29 is 14.7 Å². The topological polar surface area (TPSA) is 69.6 Å². The Morgan fingerprint density at radius 1 is 1.24 bits per heavy atom. The molecular formula is C12H20N2O3. The van der Waals surface area contributed by atoms with E-state index in [2.05, 4.69) is 5.32 Å². The van der Waals surface area contributed by atoms with Gasteiger partial charge in [0.15, 0.2) is 0 Å². The Hall–Kier alpha value is -1.26. The van der Waals surface area contributed by atoms with Crippen molar-refractivity contribution in [1.82, 2.24) is 10.2 Å². The largest absolute Gasteiger partial charge is 0.480 e. The highest BCUT2D eigenvalue weighted by Gasteiger charge is 2.52. The van der Waals surface area contributed by atoms with Crippen LogP contribution in [0.25, 0.3) is 0 Å². The van der Waals surface area contributed by atoms with E-state index in [1.807, 2.05) is 13.8 Å². The quantitative estimate of drug-likeness (QED) is 0.769. The van der Waals surface area contributed by atoms with E-state index in [4.69, 9.17) is 5.11 Å². The van der Waals surface area contributed by atoms with Crippen LogP contribution in [0.1, 0.15) is 46.0 Å². The minimum atomic E-state index is -0.978. The number of nitrogens with one attached hydrogen (secondary N) is 1. The highest BCUT2D eigenvalue weighted by molar-refractivity contribution is 5.89. The molecule has 0 aromatic carbocycles. The van der Waals surface area contributed by atoms with Crippen molar-refractivity contribution in [3.8, 4) is 0 Å². The molecule has 96 valence electrons. The van der Waals surface area contributed by atoms with Crippen molar-refractivity contribution in [1.29, 1.82) is 0 Å². The van der Waals surface area contributed by atoms with Gasteiger partial charge in [0.25, 0.3) is 0 Å². The van der Waals surface area contributed by atoms with Crippen LogP contribution in [0.5, 0.6) is 0 Å². The summed E-state index contributed by atoms with van der Waals surface area (Å²) < 4.78 is 0. The summed E-state index contributed by atoms with van der Waals surface area (Å²) in [6.07, 6.45) is 4.22. The second-order valence-electron chi connectivity index (χ2n) is 5.35. The van der Waals surface area contributed by atoms with Crippen LogP contribution in [0.3, 0.4) is 0 Å². The molecule has 2 fully saturated rings. The predicted molar refractivity (Wildman–Crippen MR) is 62.7 cm³/mol. The molecule has 2 amide bonds. The molecule has 0 spiro atoms. The Kier molecular flexibility index (Phi) is 3.02. The van der Waals surface area contributed by atoms with Crippen LogP contribution in [0, 0.1) is 0 Å². The van der Waals surface area contributed by atoms with E-state index >= 15 is 0 Å². The van der Waals surface area contributed by atoms with Gasteiger partial charge in [-0.1, -0.05) is 0 Å². The molecule has 0 radical (unpaired) electrons. The Morgan fingerprint density at radius 2 is 1.76 bits per heavy atom. The number of carbonyl (C=O) groups is 2. The number of carboxylic acid groups (broad SMARTS) is 1. The van der Waals surface area contributed by atoms with E-state index < -0.39 is 11.5 Å². The van der Waals surface area contributed by atoms with Gasteiger partial charge in [0.2, 0.25) is 0 Å². The molecular weight excluding hydrogens is 220 g/mol. The van der Waals surface area contributed by atoms with Gasteiger partial charge in [0.05, 0.1) is 0 Å². The SMILES string of the molecule is C[C@@H]1CCC[C@H](C)N1C(=O)NC1(C(=O)O)CC1. The number of hydrogen-bond acceptors (Lipinski definition) is 2. The molecule has 1 saturated heterocycles. The number of urea groups is 1. The fourth-order valence-corrected chi connectivity index (χ4v) is 2.61. The van der Waals surface area contributed by atoms with Gasteiger partial charge in [-0.2, -0.15) is 0 Å². The van der Waals surface area contributed by atoms with Crippen LogP contribution >= 0.6 is 0 Å². The first kappa shape index (κ1) is 12.2. The molecule has 0 aromatic heterocycles. The van der Waals surface area contributed by atoms with E-state index in [1.165, 1.54) is 0 Å². The van der Waals surface area contributed by atoms with E-state index in [1.54, 1.807) is 4.90 Å². The van der Waals surface area contributed by atoms with Crippen LogP contribution in [0.4, 0.5) is 4.79 Å². The zero-order valence-electron chi connectivity index (χ0n) is 10.4. The second kappa shape index (κ2) is 4.20. The van der Waals surface area contributed by atoms with E-state index in [0.717, 1.165) is 19.3 Å². The molecule has 0 unspecified atom stereocenters. The summed E-state index contributed by atoms with van der Waals surface area (Å²) in [5.41, 5.74) is -0.978. The summed E-state index contributed by atoms with van der Waals surface area (Å²) >= 11 is 0. The van der Waals surface area contributed by atoms with Gasteiger partial charge in [-0.25, -0.2) is 9.59 Å². The first-order valence-corrected chi connectivity index (χ1v) is 6.30. The molecule has 17 heavy (non-hydrogen) atoms. The summed E-state index contributed by atoms with van der Waals surface area (Å²) in [7, 11) is 0. The number of hydrogen-bond donors (Lipinski definition) is 2. The number of likely N-dealkylation sites (tertiary alicyclic amines) is 1. The monoisotopic (exact) mass is 240 g/mol. The standard InChI is InChI=1S/C12H20N2O3/c1-8-4-3-5-9(2)14(8)11(17)13-12(6-7-12)10(15)16/h8-9H,3-7H2,1-2H3,(H,13,17)(H,15,16)/t8-,9+. The highest BCUT2D eigenvalue weighted by atomic mass is 16.4. The van der Waals surface area contributed by atoms with Gasteiger partial charge in [-0.05, 0) is 46.0 Å². The van der Waals surface area contributed by atoms with Crippen LogP contribution in [0.2, 0.25) is 0 Å². The zero-order valence-corrected chi connectivity index (χ0v) is 10.4. The summed E-state index contributed by atoms with van der Waals surface area (Å²) in [5.74, 6) is -0.914. The lowest BCUT2D eigenvalue weighted by Gasteiger charge is -2.39. The van der Waals surface area contributed by atoms with Crippen LogP contribution < -0.4 is 5.32 Å². The smallest absolute Gasteiger partial charge is 0.329 e. The third-order valence-electron chi connectivity index (χ3n) is 3.93. The number of amides is 2. The van der Waals surface area contributed by atoms with Crippen molar-refractivity contribution >= 4 is 12.0 Å². The molecule has 5 nitrogen and oxygen atoms in total. The van der Waals surface area contributed by atoms with Crippen molar-refractivity contribution in [2.45, 2.75) is 63.6 Å². The normalized spacial score (nSPS) is 30.8. The average molecular weight is 240 g/mol. The number of rotatable bonds is 2. The van der Waals surface area contributed by atoms with E-state index in [0.29, 0.717) is 12.8 Å². The number of piperidine rings is 1. The maximum absolute atomic E-state index is 12.1. The Bertz CT molecular complexity index is 329. The molecule has 2 rings (SSSR count). The fraction of sp³-hybridized carbons (Fsp3) is 0.833. The third-order valence-corrected chi connectivity index (χ3v) is 3.93. The third kappa shape index (κ3) is 2.23. The molecule has 5 heteroatoms. The fourth-order valence-electron chi connectivity index (χ4n) is 2.61. The molecule has 2 atom stereocenters. The molecule has 1 aliphatic heterocycles. The van der Waals surface area contributed by atoms with Gasteiger partial charge in [-0.3, -0.25) is 0 Å². The van der Waals surface area contributed by atoms with Gasteiger partial charge in [-0.15, -0.1) is 0 Å². The van der Waals surface area contributed by atoms with E-state index in [9.17, 15) is 9.59 Å². The van der Waals surface area contributed by atoms with Gasteiger partial charge in [0.1, 0.15) is 5.54 Å². The Labute approximate surface area is 101 Å². The molecule has 1 heterocycles. The van der Waals surface area contributed by atoms with Crippen molar-refractivity contribution in [2.75, 3.05) is 0 Å². The Balaban J connectivity index is 2.02. The summed E-state index contributed by atoms with van der Waals surface area (Å²) in [5, 5.41) is 11.7. The van der Waals surface area contributed by atoms with Crippen LogP contribution in [-0.2, 0) is 4.79 Å². The summed E-state index contributed by atoms with van der Waals surface area (Å²) in [6, 6.07) is 0.177. The minimum Gasteiger partial charge on any atom is -0.480 e. The predicted octanol–water partition coefficient (Wildman–Crippen LogP) is 1.58. The first-order valence-electron chi connectivity index (χ1n) is 6.30. The van der Waals surface area contributed by atoms with Gasteiger partial charge >= 0.3 is 12.0 Å². The molecule has 0 bridgehead atoms. The number of carbonyl (C=O) groups excluding carboxylic acids is 1. The number of aliphatic carboxylic acids is 1. The second-order valence-corrected chi connectivity index (χ2v) is 5.35. The Morgan fingerprint density at radius 3 is 2.18 bits per heavy atom. The molecule has 0 aromatic rings. The number of nitrogens with zero attached hydrogens (tertiary/aromatic N) is 1. The zero-order chi connectivity index (χ0) is 12.6. The lowest BCUT2D eigenvalue weighted by Crippen LogP contribution is -2.56. The maximum atomic E-state index is 12.1. The van der Waals surface area contributed by atoms with E-state index in [-0.39, 0.29) is 18.1 Å². The van der Waals surface area contributed by atoms with Crippen LogP contribution in [-0.4, -0.2) is 39.6 Å². The summed E-state index contributed by atoms with van der Waals surface area (Å²) in [6.45, 7) is 4.05. The van der Waals surface area contributed by atoms with Crippen LogP contribution in [0.15, 0.2) is 0 Å². The lowest BCUT2D eigenvalue weighted by atomic mass is 9.98. The average Bonchev–Trinajstić information content (AvgIpc) is 2.98. The molecule has 1 saturated carbocycles. The molecule has 1 aliphatic carbocycles. The lowest BCUT2D eigenvalue weighted by molar-refractivity contribution is -0.140. The number of carboxylic acids is 1. The highest BCUT2D eigenvalue weighted by Crippen LogP contribution is 2.36. The van der Waals surface area contributed by atoms with Crippen molar-refractivity contribution in [3.05, 3.63) is 0 Å². The first-order chi connectivity index (χ1) is 7.96. The van der Waals surface area contributed by atoms with Crippen molar-refractivity contribution in [3.63, 3.8) is 0 Å². The minimum absolute atomic E-state index is 0.198. The molecule has 2 N–H and O–H groups in total. The van der Waals surface area contributed by atoms with Gasteiger partial charge < -0.3 is 15.3 Å².